The highest BCUT2D eigenvalue weighted by molar-refractivity contribution is 5.95. The maximum Gasteiger partial charge on any atom is 0.410 e. The number of benzene rings is 3. The SMILES string of the molecule is NCc1ccc(C(=O)N2CCN(C(=O)OCC#Cc3cccc(C#CCOC(=O)N4CCN(C(=O)c5ccc(CN)cc5)CC4)c3)CC2)cc1. The number of carbonyl (C=O) groups is 4. The highest BCUT2D eigenvalue weighted by Crippen LogP contribution is 2.13. The van der Waals surface area contributed by atoms with Gasteiger partial charge in [-0.1, -0.05) is 54.0 Å². The number of carbonyl (C=O) groups excluding carboxylic acids is 4. The number of amides is 4. The molecule has 4 N–H and O–H groups in total. The minimum atomic E-state index is -0.475. The number of hydrogen-bond donors (Lipinski definition) is 2. The molecule has 0 saturated carbocycles. The van der Waals surface area contributed by atoms with Crippen molar-refractivity contribution in [1.29, 1.82) is 0 Å². The molecule has 2 heterocycles. The van der Waals surface area contributed by atoms with Gasteiger partial charge in [0.1, 0.15) is 0 Å². The van der Waals surface area contributed by atoms with E-state index in [9.17, 15) is 19.2 Å². The molecule has 3 aromatic rings. The van der Waals surface area contributed by atoms with E-state index in [1.807, 2.05) is 42.5 Å². The van der Waals surface area contributed by atoms with Gasteiger partial charge in [-0.2, -0.15) is 0 Å². The Morgan fingerprint density at radius 3 is 1.26 bits per heavy atom. The minimum absolute atomic E-state index is 0.0771. The van der Waals surface area contributed by atoms with Gasteiger partial charge < -0.3 is 40.5 Å². The molecule has 5 rings (SSSR count). The summed E-state index contributed by atoms with van der Waals surface area (Å²) in [7, 11) is 0. The second kappa shape index (κ2) is 17.5. The molecular formula is C38H40N6O6. The number of nitrogens with zero attached hydrogens (tertiary/aromatic N) is 4. The Hall–Kier alpha value is -5.82. The third kappa shape index (κ3) is 9.63. The molecule has 0 unspecified atom stereocenters. The lowest BCUT2D eigenvalue weighted by molar-refractivity contribution is 0.0582. The van der Waals surface area contributed by atoms with Crippen LogP contribution in [0.4, 0.5) is 9.59 Å². The van der Waals surface area contributed by atoms with Crippen molar-refractivity contribution < 1.29 is 28.7 Å². The molecule has 0 bridgehead atoms. The molecule has 2 aliphatic rings. The lowest BCUT2D eigenvalue weighted by Gasteiger charge is -2.34. The van der Waals surface area contributed by atoms with Crippen molar-refractivity contribution in [3.05, 3.63) is 106 Å². The molecular weight excluding hydrogens is 636 g/mol. The normalized spacial score (nSPS) is 14.1. The van der Waals surface area contributed by atoms with E-state index >= 15 is 0 Å². The fourth-order valence-electron chi connectivity index (χ4n) is 5.45. The van der Waals surface area contributed by atoms with Crippen molar-refractivity contribution in [3.63, 3.8) is 0 Å². The minimum Gasteiger partial charge on any atom is -0.436 e. The van der Waals surface area contributed by atoms with E-state index in [0.29, 0.717) is 87.7 Å². The maximum absolute atomic E-state index is 12.8. The fourth-order valence-corrected chi connectivity index (χ4v) is 5.45. The molecule has 0 radical (unpaired) electrons. The molecule has 2 fully saturated rings. The summed E-state index contributed by atoms with van der Waals surface area (Å²) in [4.78, 5) is 57.2. The van der Waals surface area contributed by atoms with Gasteiger partial charge in [-0.3, -0.25) is 9.59 Å². The van der Waals surface area contributed by atoms with Crippen LogP contribution < -0.4 is 11.5 Å². The van der Waals surface area contributed by atoms with Crippen LogP contribution in [0, 0.1) is 23.7 Å². The van der Waals surface area contributed by atoms with Gasteiger partial charge in [-0.15, -0.1) is 0 Å². The zero-order valence-corrected chi connectivity index (χ0v) is 27.8. The number of rotatable bonds is 6. The van der Waals surface area contributed by atoms with E-state index in [0.717, 1.165) is 11.1 Å². The van der Waals surface area contributed by atoms with Crippen LogP contribution in [0.5, 0.6) is 0 Å². The summed E-state index contributed by atoms with van der Waals surface area (Å²) in [5.41, 5.74) is 15.7. The molecule has 258 valence electrons. The van der Waals surface area contributed by atoms with E-state index in [-0.39, 0.29) is 25.0 Å². The lowest BCUT2D eigenvalue weighted by Crippen LogP contribution is -2.50. The van der Waals surface area contributed by atoms with Crippen molar-refractivity contribution >= 4 is 24.0 Å². The molecule has 12 nitrogen and oxygen atoms in total. The number of ether oxygens (including phenoxy) is 2. The fraction of sp³-hybridized carbons (Fsp3) is 0.316. The number of hydrogen-bond acceptors (Lipinski definition) is 8. The molecule has 2 aliphatic heterocycles. The first-order chi connectivity index (χ1) is 24.3. The Morgan fingerprint density at radius 2 is 0.900 bits per heavy atom. The second-order valence-electron chi connectivity index (χ2n) is 11.7. The molecule has 12 heteroatoms. The number of piperazine rings is 2. The topological polar surface area (TPSA) is 152 Å². The van der Waals surface area contributed by atoms with E-state index in [1.165, 1.54) is 0 Å². The summed E-state index contributed by atoms with van der Waals surface area (Å²) >= 11 is 0. The molecule has 0 spiro atoms. The Morgan fingerprint density at radius 1 is 0.540 bits per heavy atom. The van der Waals surface area contributed by atoms with Crippen molar-refractivity contribution in [1.82, 2.24) is 19.6 Å². The summed E-state index contributed by atoms with van der Waals surface area (Å²) in [5, 5.41) is 0. The quantitative estimate of drug-likeness (QED) is 0.378. The van der Waals surface area contributed by atoms with Gasteiger partial charge in [-0.25, -0.2) is 9.59 Å². The van der Waals surface area contributed by atoms with E-state index in [2.05, 4.69) is 23.7 Å². The van der Waals surface area contributed by atoms with Crippen LogP contribution in [-0.4, -0.2) is 109 Å². The van der Waals surface area contributed by atoms with Gasteiger partial charge in [0.15, 0.2) is 13.2 Å². The molecule has 0 atom stereocenters. The third-order valence-electron chi connectivity index (χ3n) is 8.39. The van der Waals surface area contributed by atoms with Crippen LogP contribution in [0.1, 0.15) is 43.0 Å². The lowest BCUT2D eigenvalue weighted by atomic mass is 10.1. The average molecular weight is 677 g/mol. The van der Waals surface area contributed by atoms with Gasteiger partial charge in [0.05, 0.1) is 0 Å². The zero-order valence-electron chi connectivity index (χ0n) is 27.8. The molecule has 0 aliphatic carbocycles. The van der Waals surface area contributed by atoms with Crippen LogP contribution in [0.2, 0.25) is 0 Å². The molecule has 3 aromatic carbocycles. The van der Waals surface area contributed by atoms with Crippen LogP contribution >= 0.6 is 0 Å². The summed E-state index contributed by atoms with van der Waals surface area (Å²) in [6.45, 7) is 3.82. The van der Waals surface area contributed by atoms with Gasteiger partial charge >= 0.3 is 12.2 Å². The summed E-state index contributed by atoms with van der Waals surface area (Å²) in [5.74, 6) is 11.5. The second-order valence-corrected chi connectivity index (χ2v) is 11.7. The van der Waals surface area contributed by atoms with Crippen molar-refractivity contribution in [2.45, 2.75) is 13.1 Å². The van der Waals surface area contributed by atoms with Gasteiger partial charge in [0.2, 0.25) is 0 Å². The summed E-state index contributed by atoms with van der Waals surface area (Å²) < 4.78 is 10.7. The maximum atomic E-state index is 12.8. The first-order valence-corrected chi connectivity index (χ1v) is 16.4. The number of nitrogens with two attached hydrogens (primary N) is 2. The van der Waals surface area contributed by atoms with E-state index in [4.69, 9.17) is 20.9 Å². The predicted octanol–water partition coefficient (Wildman–Crippen LogP) is 2.50. The standard InChI is InChI=1S/C38H40N6O6/c39-27-31-8-12-33(13-9-31)35(45)41-16-20-43(21-17-41)37(47)49-24-2-6-29-4-1-5-30(26-29)7-3-25-50-38(48)44-22-18-42(19-23-44)36(46)34-14-10-32(28-40)11-15-34/h1,4-5,8-15,26H,16-25,27-28,39-40H2. The summed E-state index contributed by atoms with van der Waals surface area (Å²) in [6.07, 6.45) is -0.950. The molecule has 2 saturated heterocycles. The van der Waals surface area contributed by atoms with Crippen LogP contribution in [-0.2, 0) is 22.6 Å². The van der Waals surface area contributed by atoms with Crippen LogP contribution in [0.15, 0.2) is 72.8 Å². The highest BCUT2D eigenvalue weighted by Gasteiger charge is 2.27. The van der Waals surface area contributed by atoms with Crippen molar-refractivity contribution in [2.24, 2.45) is 11.5 Å². The van der Waals surface area contributed by atoms with Crippen molar-refractivity contribution in [3.8, 4) is 23.7 Å². The first kappa shape index (κ1) is 35.5. The van der Waals surface area contributed by atoms with Gasteiger partial charge in [0.25, 0.3) is 11.8 Å². The van der Waals surface area contributed by atoms with Gasteiger partial charge in [-0.05, 0) is 53.6 Å². The Balaban J connectivity index is 0.994. The zero-order chi connectivity index (χ0) is 35.3. The first-order valence-electron chi connectivity index (χ1n) is 16.4. The van der Waals surface area contributed by atoms with Crippen LogP contribution in [0.3, 0.4) is 0 Å². The smallest absolute Gasteiger partial charge is 0.410 e. The van der Waals surface area contributed by atoms with Gasteiger partial charge in [0, 0.05) is 87.7 Å². The Labute approximate surface area is 291 Å². The monoisotopic (exact) mass is 676 g/mol. The Bertz CT molecular complexity index is 1660. The molecule has 0 aromatic heterocycles. The largest absolute Gasteiger partial charge is 0.436 e. The average Bonchev–Trinajstić information content (AvgIpc) is 3.17. The molecule has 50 heavy (non-hydrogen) atoms. The Kier molecular flexibility index (Phi) is 12.4. The molecule has 4 amide bonds. The third-order valence-corrected chi connectivity index (χ3v) is 8.39. The van der Waals surface area contributed by atoms with E-state index in [1.54, 1.807) is 49.9 Å². The van der Waals surface area contributed by atoms with E-state index < -0.39 is 12.2 Å². The van der Waals surface area contributed by atoms with Crippen molar-refractivity contribution in [2.75, 3.05) is 65.6 Å². The highest BCUT2D eigenvalue weighted by atomic mass is 16.6. The predicted molar refractivity (Wildman–Crippen MR) is 187 cm³/mol. The summed E-state index contributed by atoms with van der Waals surface area (Å²) in [6, 6.07) is 21.7. The van der Waals surface area contributed by atoms with Crippen LogP contribution in [0.25, 0.3) is 0 Å².